The van der Waals surface area contributed by atoms with E-state index in [9.17, 15) is 9.59 Å². The Morgan fingerprint density at radius 2 is 2.12 bits per heavy atom. The zero-order chi connectivity index (χ0) is 12.4. The van der Waals surface area contributed by atoms with Crippen molar-refractivity contribution in [1.82, 2.24) is 10.2 Å². The molecular weight excluding hydrogens is 208 g/mol. The highest BCUT2D eigenvalue weighted by atomic mass is 16.5. The van der Waals surface area contributed by atoms with Crippen LogP contribution >= 0.6 is 0 Å². The number of hydrogen-bond donors (Lipinski definition) is 1. The fraction of sp³-hybridized carbons (Fsp3) is 0.636. The number of amides is 1. The lowest BCUT2D eigenvalue weighted by Gasteiger charge is -2.12. The maximum Gasteiger partial charge on any atom is 0.330 e. The lowest BCUT2D eigenvalue weighted by Crippen LogP contribution is -2.26. The molecule has 0 heterocycles. The van der Waals surface area contributed by atoms with Gasteiger partial charge in [0, 0.05) is 32.6 Å². The smallest absolute Gasteiger partial charge is 0.330 e. The standard InChI is InChI=1S/C11H20N2O3/c1-4-16-11(15)6-5-8-13(3)9-7-10(14)12-2/h5-6H,4,7-9H2,1-3H3,(H,12,14)/b6-5+. The maximum absolute atomic E-state index is 11.0. The number of likely N-dealkylation sites (N-methyl/N-ethyl adjacent to an activating group) is 1. The van der Waals surface area contributed by atoms with Crippen molar-refractivity contribution >= 4 is 11.9 Å². The zero-order valence-corrected chi connectivity index (χ0v) is 10.2. The molecule has 5 heteroatoms. The van der Waals surface area contributed by atoms with Gasteiger partial charge in [0.1, 0.15) is 0 Å². The second kappa shape index (κ2) is 8.91. The fourth-order valence-electron chi connectivity index (χ4n) is 1.03. The highest BCUT2D eigenvalue weighted by Crippen LogP contribution is 1.89. The summed E-state index contributed by atoms with van der Waals surface area (Å²) in [5, 5.41) is 2.55. The Morgan fingerprint density at radius 1 is 1.44 bits per heavy atom. The van der Waals surface area contributed by atoms with Crippen LogP contribution in [0.3, 0.4) is 0 Å². The number of nitrogens with zero attached hydrogens (tertiary/aromatic N) is 1. The molecule has 5 nitrogen and oxygen atoms in total. The summed E-state index contributed by atoms with van der Waals surface area (Å²) >= 11 is 0. The van der Waals surface area contributed by atoms with E-state index in [0.29, 0.717) is 26.1 Å². The Morgan fingerprint density at radius 3 is 2.69 bits per heavy atom. The highest BCUT2D eigenvalue weighted by molar-refractivity contribution is 5.81. The van der Waals surface area contributed by atoms with E-state index < -0.39 is 0 Å². The van der Waals surface area contributed by atoms with Crippen LogP contribution in [0.25, 0.3) is 0 Å². The summed E-state index contributed by atoms with van der Waals surface area (Å²) in [5.74, 6) is -0.316. The topological polar surface area (TPSA) is 58.6 Å². The number of carbonyl (C=O) groups excluding carboxylic acids is 2. The summed E-state index contributed by atoms with van der Waals surface area (Å²) in [5.41, 5.74) is 0. The number of rotatable bonds is 7. The van der Waals surface area contributed by atoms with E-state index in [2.05, 4.69) is 5.32 Å². The first-order valence-corrected chi connectivity index (χ1v) is 5.32. The lowest BCUT2D eigenvalue weighted by atomic mass is 10.3. The summed E-state index contributed by atoms with van der Waals surface area (Å²) in [7, 11) is 3.50. The molecule has 0 saturated carbocycles. The summed E-state index contributed by atoms with van der Waals surface area (Å²) < 4.78 is 4.73. The van der Waals surface area contributed by atoms with Gasteiger partial charge in [-0.1, -0.05) is 6.08 Å². The van der Waals surface area contributed by atoms with Crippen molar-refractivity contribution in [2.24, 2.45) is 0 Å². The van der Waals surface area contributed by atoms with Gasteiger partial charge in [-0.2, -0.15) is 0 Å². The first-order chi connectivity index (χ1) is 7.60. The van der Waals surface area contributed by atoms with Crippen LogP contribution in [0.15, 0.2) is 12.2 Å². The van der Waals surface area contributed by atoms with Crippen LogP contribution in [0, 0.1) is 0 Å². The van der Waals surface area contributed by atoms with Gasteiger partial charge < -0.3 is 15.0 Å². The molecule has 0 bridgehead atoms. The molecule has 92 valence electrons. The average Bonchev–Trinajstić information content (AvgIpc) is 2.26. The molecule has 0 spiro atoms. The van der Waals surface area contributed by atoms with Crippen LogP contribution in [0.2, 0.25) is 0 Å². The van der Waals surface area contributed by atoms with Crippen molar-refractivity contribution in [3.63, 3.8) is 0 Å². The van der Waals surface area contributed by atoms with Gasteiger partial charge in [-0.3, -0.25) is 4.79 Å². The number of carbonyl (C=O) groups is 2. The largest absolute Gasteiger partial charge is 0.463 e. The van der Waals surface area contributed by atoms with Crippen LogP contribution < -0.4 is 5.32 Å². The monoisotopic (exact) mass is 228 g/mol. The average molecular weight is 228 g/mol. The van der Waals surface area contributed by atoms with Gasteiger partial charge in [0.25, 0.3) is 0 Å². The first kappa shape index (κ1) is 14.6. The molecule has 1 N–H and O–H groups in total. The van der Waals surface area contributed by atoms with E-state index >= 15 is 0 Å². The molecule has 0 atom stereocenters. The van der Waals surface area contributed by atoms with Gasteiger partial charge >= 0.3 is 5.97 Å². The Balaban J connectivity index is 3.68. The number of esters is 1. The van der Waals surface area contributed by atoms with E-state index in [1.807, 2.05) is 11.9 Å². The van der Waals surface area contributed by atoms with E-state index in [-0.39, 0.29) is 11.9 Å². The zero-order valence-electron chi connectivity index (χ0n) is 10.2. The van der Waals surface area contributed by atoms with Crippen molar-refractivity contribution in [1.29, 1.82) is 0 Å². The summed E-state index contributed by atoms with van der Waals surface area (Å²) in [6, 6.07) is 0. The predicted molar refractivity (Wildman–Crippen MR) is 62.0 cm³/mol. The molecule has 0 aromatic rings. The normalized spacial score (nSPS) is 10.8. The Labute approximate surface area is 96.4 Å². The molecule has 0 rings (SSSR count). The lowest BCUT2D eigenvalue weighted by molar-refractivity contribution is -0.137. The molecule has 0 fully saturated rings. The molecule has 0 radical (unpaired) electrons. The minimum atomic E-state index is -0.331. The van der Waals surface area contributed by atoms with Gasteiger partial charge in [0.15, 0.2) is 0 Å². The summed E-state index contributed by atoms with van der Waals surface area (Å²) in [4.78, 5) is 23.8. The Kier molecular flexibility index (Phi) is 8.15. The van der Waals surface area contributed by atoms with Gasteiger partial charge in [0.05, 0.1) is 6.61 Å². The van der Waals surface area contributed by atoms with Gasteiger partial charge in [-0.15, -0.1) is 0 Å². The van der Waals surface area contributed by atoms with Crippen LogP contribution in [0.5, 0.6) is 0 Å². The SMILES string of the molecule is CCOC(=O)/C=C/CN(C)CCC(=O)NC. The second-order valence-corrected chi connectivity index (χ2v) is 3.34. The van der Waals surface area contributed by atoms with Crippen LogP contribution in [-0.2, 0) is 14.3 Å². The molecule has 0 unspecified atom stereocenters. The molecule has 0 aliphatic rings. The third-order valence-corrected chi connectivity index (χ3v) is 1.96. The van der Waals surface area contributed by atoms with Crippen LogP contribution in [-0.4, -0.2) is 50.6 Å². The third-order valence-electron chi connectivity index (χ3n) is 1.96. The molecule has 16 heavy (non-hydrogen) atoms. The molecule has 1 amide bonds. The van der Waals surface area contributed by atoms with Crippen molar-refractivity contribution in [3.8, 4) is 0 Å². The minimum Gasteiger partial charge on any atom is -0.463 e. The fourth-order valence-corrected chi connectivity index (χ4v) is 1.03. The maximum atomic E-state index is 11.0. The molecule has 0 aromatic carbocycles. The van der Waals surface area contributed by atoms with Crippen LogP contribution in [0.4, 0.5) is 0 Å². The van der Waals surface area contributed by atoms with E-state index in [1.54, 1.807) is 20.0 Å². The number of nitrogens with one attached hydrogen (secondary N) is 1. The van der Waals surface area contributed by atoms with Gasteiger partial charge in [-0.05, 0) is 14.0 Å². The first-order valence-electron chi connectivity index (χ1n) is 5.32. The molecular formula is C11H20N2O3. The number of ether oxygens (including phenoxy) is 1. The third kappa shape index (κ3) is 7.99. The molecule has 0 aliphatic heterocycles. The van der Waals surface area contributed by atoms with Crippen molar-refractivity contribution in [2.75, 3.05) is 33.8 Å². The summed E-state index contributed by atoms with van der Waals surface area (Å²) in [6.07, 6.45) is 3.59. The number of hydrogen-bond acceptors (Lipinski definition) is 4. The van der Waals surface area contributed by atoms with Crippen molar-refractivity contribution in [2.45, 2.75) is 13.3 Å². The highest BCUT2D eigenvalue weighted by Gasteiger charge is 2.01. The van der Waals surface area contributed by atoms with Crippen LogP contribution in [0.1, 0.15) is 13.3 Å². The Bertz CT molecular complexity index is 252. The molecule has 0 aromatic heterocycles. The van der Waals surface area contributed by atoms with Gasteiger partial charge in [0.2, 0.25) is 5.91 Å². The van der Waals surface area contributed by atoms with Crippen molar-refractivity contribution < 1.29 is 14.3 Å². The summed E-state index contributed by atoms with van der Waals surface area (Å²) in [6.45, 7) is 3.43. The predicted octanol–water partition coefficient (Wildman–Crippen LogP) is 0.174. The Hall–Kier alpha value is -1.36. The second-order valence-electron chi connectivity index (χ2n) is 3.34. The minimum absolute atomic E-state index is 0.0150. The quantitative estimate of drug-likeness (QED) is 0.498. The molecule has 0 saturated heterocycles. The van der Waals surface area contributed by atoms with E-state index in [0.717, 1.165) is 0 Å². The van der Waals surface area contributed by atoms with Gasteiger partial charge in [-0.25, -0.2) is 4.79 Å². The molecule has 0 aliphatic carbocycles. The van der Waals surface area contributed by atoms with E-state index in [4.69, 9.17) is 4.74 Å². The van der Waals surface area contributed by atoms with Crippen molar-refractivity contribution in [3.05, 3.63) is 12.2 Å². The van der Waals surface area contributed by atoms with E-state index in [1.165, 1.54) is 6.08 Å².